The molecule has 28 heavy (non-hydrogen) atoms. The minimum Gasteiger partial charge on any atom is -0.341 e. The van der Waals surface area contributed by atoms with Gasteiger partial charge in [0.25, 0.3) is 0 Å². The van der Waals surface area contributed by atoms with Gasteiger partial charge in [-0.2, -0.15) is 4.31 Å². The van der Waals surface area contributed by atoms with Crippen molar-refractivity contribution in [3.05, 3.63) is 23.8 Å². The van der Waals surface area contributed by atoms with Gasteiger partial charge in [-0.25, -0.2) is 8.42 Å². The van der Waals surface area contributed by atoms with Crippen LogP contribution in [0.1, 0.15) is 38.7 Å². The van der Waals surface area contributed by atoms with Gasteiger partial charge in [-0.15, -0.1) is 0 Å². The van der Waals surface area contributed by atoms with Crippen LogP contribution < -0.4 is 4.90 Å². The minimum absolute atomic E-state index is 0.0649. The lowest BCUT2D eigenvalue weighted by molar-refractivity contribution is -0.134. The molecule has 2 amide bonds. The van der Waals surface area contributed by atoms with Crippen molar-refractivity contribution in [3.8, 4) is 0 Å². The Labute approximate surface area is 167 Å². The third-order valence-corrected chi connectivity index (χ3v) is 7.48. The van der Waals surface area contributed by atoms with Crippen LogP contribution in [0.4, 0.5) is 5.69 Å². The molecule has 2 aliphatic rings. The van der Waals surface area contributed by atoms with Crippen molar-refractivity contribution in [1.82, 2.24) is 9.21 Å². The van der Waals surface area contributed by atoms with E-state index in [0.717, 1.165) is 12.1 Å². The molecule has 0 saturated carbocycles. The van der Waals surface area contributed by atoms with Crippen LogP contribution in [0.15, 0.2) is 23.1 Å². The van der Waals surface area contributed by atoms with Crippen molar-refractivity contribution in [3.63, 3.8) is 0 Å². The summed E-state index contributed by atoms with van der Waals surface area (Å²) in [7, 11) is -3.65. The second-order valence-corrected chi connectivity index (χ2v) is 9.74. The summed E-state index contributed by atoms with van der Waals surface area (Å²) in [5.41, 5.74) is 1.39. The number of rotatable bonds is 4. The van der Waals surface area contributed by atoms with E-state index in [9.17, 15) is 18.0 Å². The highest BCUT2D eigenvalue weighted by atomic mass is 32.2. The molecular weight excluding hydrogens is 378 g/mol. The number of aryl methyl sites for hydroxylation is 1. The number of hydrogen-bond acceptors (Lipinski definition) is 4. The molecular formula is C20H29N3O4S. The fraction of sp³-hybridized carbons (Fsp3) is 0.600. The van der Waals surface area contributed by atoms with Crippen LogP contribution >= 0.6 is 0 Å². The molecule has 1 aromatic carbocycles. The third-order valence-electron chi connectivity index (χ3n) is 5.42. The van der Waals surface area contributed by atoms with Gasteiger partial charge in [0.05, 0.1) is 4.90 Å². The van der Waals surface area contributed by atoms with Crippen molar-refractivity contribution in [2.75, 3.05) is 37.6 Å². The standard InChI is InChI=1S/C20H29N3O4S/c1-15(2)20(25)21-9-5-10-22(13-12-21)28(26,27)18-8-7-17(14-16(18)3)23-11-4-6-19(23)24/h7-8,14-15H,4-6,9-13H2,1-3H3. The van der Waals surface area contributed by atoms with Gasteiger partial charge < -0.3 is 9.80 Å². The zero-order valence-electron chi connectivity index (χ0n) is 16.8. The Morgan fingerprint density at radius 2 is 1.79 bits per heavy atom. The molecule has 2 heterocycles. The molecule has 0 N–H and O–H groups in total. The first-order valence-electron chi connectivity index (χ1n) is 9.92. The molecule has 2 fully saturated rings. The summed E-state index contributed by atoms with van der Waals surface area (Å²) in [6.07, 6.45) is 1.99. The van der Waals surface area contributed by atoms with E-state index in [2.05, 4.69) is 0 Å². The Morgan fingerprint density at radius 1 is 1.04 bits per heavy atom. The summed E-state index contributed by atoms with van der Waals surface area (Å²) >= 11 is 0. The lowest BCUT2D eigenvalue weighted by atomic mass is 10.2. The van der Waals surface area contributed by atoms with E-state index in [-0.39, 0.29) is 22.6 Å². The molecule has 0 spiro atoms. The number of carbonyl (C=O) groups is 2. The molecule has 0 radical (unpaired) electrons. The van der Waals surface area contributed by atoms with Crippen molar-refractivity contribution < 1.29 is 18.0 Å². The molecule has 0 aliphatic carbocycles. The largest absolute Gasteiger partial charge is 0.341 e. The van der Waals surface area contributed by atoms with Crippen molar-refractivity contribution in [2.24, 2.45) is 5.92 Å². The summed E-state index contributed by atoms with van der Waals surface area (Å²) < 4.78 is 27.9. The van der Waals surface area contributed by atoms with Crippen LogP contribution in [0, 0.1) is 12.8 Å². The fourth-order valence-corrected chi connectivity index (χ4v) is 5.55. The number of nitrogens with zero attached hydrogens (tertiary/aromatic N) is 3. The molecule has 3 rings (SSSR count). The van der Waals surface area contributed by atoms with Crippen LogP contribution in [0.2, 0.25) is 0 Å². The maximum absolute atomic E-state index is 13.2. The average molecular weight is 408 g/mol. The highest BCUT2D eigenvalue weighted by molar-refractivity contribution is 7.89. The van der Waals surface area contributed by atoms with Crippen LogP contribution in [0.25, 0.3) is 0 Å². The van der Waals surface area contributed by atoms with Crippen LogP contribution in [-0.2, 0) is 19.6 Å². The van der Waals surface area contributed by atoms with Crippen LogP contribution in [0.3, 0.4) is 0 Å². The van der Waals surface area contributed by atoms with Gasteiger partial charge in [0.1, 0.15) is 0 Å². The van der Waals surface area contributed by atoms with Crippen LogP contribution in [0.5, 0.6) is 0 Å². The highest BCUT2D eigenvalue weighted by Gasteiger charge is 2.30. The lowest BCUT2D eigenvalue weighted by Gasteiger charge is -2.24. The van der Waals surface area contributed by atoms with E-state index in [0.29, 0.717) is 51.1 Å². The quantitative estimate of drug-likeness (QED) is 0.765. The predicted molar refractivity (Wildman–Crippen MR) is 108 cm³/mol. The smallest absolute Gasteiger partial charge is 0.243 e. The highest BCUT2D eigenvalue weighted by Crippen LogP contribution is 2.28. The van der Waals surface area contributed by atoms with Crippen molar-refractivity contribution in [2.45, 2.75) is 44.9 Å². The second kappa shape index (κ2) is 8.21. The molecule has 2 aliphatic heterocycles. The number of sulfonamides is 1. The Bertz CT molecular complexity index is 866. The first-order valence-corrected chi connectivity index (χ1v) is 11.4. The monoisotopic (exact) mass is 407 g/mol. The number of hydrogen-bond donors (Lipinski definition) is 0. The second-order valence-electron chi connectivity index (χ2n) is 7.84. The Balaban J connectivity index is 1.79. The summed E-state index contributed by atoms with van der Waals surface area (Å²) in [6.45, 7) is 7.85. The first kappa shape index (κ1) is 20.8. The van der Waals surface area contributed by atoms with Gasteiger partial charge >= 0.3 is 0 Å². The molecule has 8 heteroatoms. The summed E-state index contributed by atoms with van der Waals surface area (Å²) in [5.74, 6) is 0.0544. The molecule has 2 saturated heterocycles. The van der Waals surface area contributed by atoms with Crippen LogP contribution in [-0.4, -0.2) is 62.2 Å². The van der Waals surface area contributed by atoms with E-state index in [4.69, 9.17) is 0 Å². The first-order chi connectivity index (χ1) is 13.2. The Hall–Kier alpha value is -1.93. The van der Waals surface area contributed by atoms with E-state index in [1.54, 1.807) is 34.9 Å². The summed E-state index contributed by atoms with van der Waals surface area (Å²) in [6, 6.07) is 5.10. The van der Waals surface area contributed by atoms with Crippen molar-refractivity contribution in [1.29, 1.82) is 0 Å². The van der Waals surface area contributed by atoms with Gasteiger partial charge in [-0.3, -0.25) is 9.59 Å². The zero-order valence-corrected chi connectivity index (χ0v) is 17.7. The van der Waals surface area contributed by atoms with Gasteiger partial charge in [0, 0.05) is 50.7 Å². The molecule has 0 atom stereocenters. The predicted octanol–water partition coefficient (Wildman–Crippen LogP) is 2.00. The molecule has 0 bridgehead atoms. The topological polar surface area (TPSA) is 78.0 Å². The maximum Gasteiger partial charge on any atom is 0.243 e. The Kier molecular flexibility index (Phi) is 6.09. The summed E-state index contributed by atoms with van der Waals surface area (Å²) in [5, 5.41) is 0. The molecule has 154 valence electrons. The van der Waals surface area contributed by atoms with Gasteiger partial charge in [0.15, 0.2) is 0 Å². The lowest BCUT2D eigenvalue weighted by Crippen LogP contribution is -2.39. The van der Waals surface area contributed by atoms with E-state index < -0.39 is 10.0 Å². The molecule has 0 aromatic heterocycles. The SMILES string of the molecule is Cc1cc(N2CCCC2=O)ccc1S(=O)(=O)N1CCCN(C(=O)C(C)C)CC1. The van der Waals surface area contributed by atoms with E-state index >= 15 is 0 Å². The summed E-state index contributed by atoms with van der Waals surface area (Å²) in [4.78, 5) is 27.9. The minimum atomic E-state index is -3.65. The normalized spacial score (nSPS) is 19.4. The van der Waals surface area contributed by atoms with Crippen molar-refractivity contribution >= 4 is 27.5 Å². The van der Waals surface area contributed by atoms with Gasteiger partial charge in [-0.1, -0.05) is 13.8 Å². The number of carbonyl (C=O) groups excluding carboxylic acids is 2. The fourth-order valence-electron chi connectivity index (χ4n) is 3.87. The molecule has 7 nitrogen and oxygen atoms in total. The van der Waals surface area contributed by atoms with E-state index in [1.165, 1.54) is 4.31 Å². The molecule has 1 aromatic rings. The average Bonchev–Trinajstić information content (AvgIpc) is 2.91. The zero-order chi connectivity index (χ0) is 20.5. The van der Waals surface area contributed by atoms with E-state index in [1.807, 2.05) is 13.8 Å². The third kappa shape index (κ3) is 4.07. The number of amides is 2. The maximum atomic E-state index is 13.2. The Morgan fingerprint density at radius 3 is 2.39 bits per heavy atom. The number of benzene rings is 1. The van der Waals surface area contributed by atoms with Gasteiger partial charge in [0.2, 0.25) is 21.8 Å². The molecule has 0 unspecified atom stereocenters. The van der Waals surface area contributed by atoms with Gasteiger partial charge in [-0.05, 0) is 43.5 Å². The number of anilines is 1.